The number of benzene rings is 1. The summed E-state index contributed by atoms with van der Waals surface area (Å²) in [5, 5.41) is 0. The van der Waals surface area contributed by atoms with E-state index in [2.05, 4.69) is 23.0 Å². The predicted octanol–water partition coefficient (Wildman–Crippen LogP) is 3.93. The highest BCUT2D eigenvalue weighted by Crippen LogP contribution is 2.27. The normalized spacial score (nSPS) is 12.0. The third kappa shape index (κ3) is 3.27. The number of rotatable bonds is 6. The Bertz CT molecular complexity index is 862. The molecule has 0 bridgehead atoms. The molecule has 2 aromatic heterocycles. The number of nitrogens with zero attached hydrogens (tertiary/aromatic N) is 2. The fourth-order valence-electron chi connectivity index (χ4n) is 2.66. The van der Waals surface area contributed by atoms with E-state index in [1.54, 1.807) is 0 Å². The lowest BCUT2D eigenvalue weighted by molar-refractivity contribution is 0.149. The van der Waals surface area contributed by atoms with Gasteiger partial charge in [0, 0.05) is 6.20 Å². The lowest BCUT2D eigenvalue weighted by atomic mass is 10.1. The molecular weight excluding hydrogens is 300 g/mol. The second-order valence-electron chi connectivity index (χ2n) is 5.58. The minimum Gasteiger partial charge on any atom is -0.482 e. The van der Waals surface area contributed by atoms with Crippen LogP contribution in [0.2, 0.25) is 0 Å². The topological polar surface area (TPSA) is 35.8 Å². The summed E-state index contributed by atoms with van der Waals surface area (Å²) < 4.78 is 13.6. The van der Waals surface area contributed by atoms with E-state index >= 15 is 0 Å². The number of terminal acetylenes is 1. The van der Waals surface area contributed by atoms with E-state index in [0.29, 0.717) is 6.61 Å². The van der Waals surface area contributed by atoms with Crippen LogP contribution in [0.25, 0.3) is 5.65 Å². The van der Waals surface area contributed by atoms with Crippen molar-refractivity contribution in [3.8, 4) is 18.1 Å². The second-order valence-corrected chi connectivity index (χ2v) is 5.58. The molecule has 0 saturated heterocycles. The van der Waals surface area contributed by atoms with Gasteiger partial charge in [0.05, 0.1) is 18.0 Å². The number of aryl methyl sites for hydroxylation is 1. The zero-order valence-electron chi connectivity index (χ0n) is 13.9. The highest BCUT2D eigenvalue weighted by atomic mass is 16.5. The van der Waals surface area contributed by atoms with Crippen molar-refractivity contribution < 1.29 is 9.47 Å². The molecule has 0 fully saturated rings. The van der Waals surface area contributed by atoms with Gasteiger partial charge in [0.2, 0.25) is 0 Å². The molecule has 0 radical (unpaired) electrons. The molecule has 0 amide bonds. The van der Waals surface area contributed by atoms with E-state index in [0.717, 1.165) is 28.3 Å². The van der Waals surface area contributed by atoms with E-state index < -0.39 is 0 Å². The number of imidazole rings is 1. The van der Waals surface area contributed by atoms with Crippen LogP contribution in [0, 0.1) is 19.3 Å². The average Bonchev–Trinajstić information content (AvgIpc) is 2.93. The fraction of sp³-hybridized carbons (Fsp3) is 0.250. The molecule has 0 aliphatic rings. The van der Waals surface area contributed by atoms with Gasteiger partial charge in [-0.1, -0.05) is 36.3 Å². The summed E-state index contributed by atoms with van der Waals surface area (Å²) in [6, 6.07) is 14.0. The first kappa shape index (κ1) is 16.1. The molecule has 24 heavy (non-hydrogen) atoms. The highest BCUT2D eigenvalue weighted by molar-refractivity contribution is 5.56. The first-order valence-corrected chi connectivity index (χ1v) is 7.90. The molecule has 1 atom stereocenters. The van der Waals surface area contributed by atoms with E-state index in [9.17, 15) is 0 Å². The standard InChI is InChI=1S/C20H20N2O2/c1-4-13-23-14-18-15(2)21-20-19(11-8-12-22(18)20)24-16(3)17-9-6-5-7-10-17/h1,5-12,16H,13-14H2,2-3H3. The molecule has 0 spiro atoms. The van der Waals surface area contributed by atoms with E-state index in [1.807, 2.05) is 54.8 Å². The number of hydrogen-bond acceptors (Lipinski definition) is 3. The molecule has 0 N–H and O–H groups in total. The molecule has 1 aromatic carbocycles. The van der Waals surface area contributed by atoms with Crippen molar-refractivity contribution in [2.24, 2.45) is 0 Å². The summed E-state index contributed by atoms with van der Waals surface area (Å²) in [5.41, 5.74) is 3.81. The quantitative estimate of drug-likeness (QED) is 0.510. The zero-order chi connectivity index (χ0) is 16.9. The second kappa shape index (κ2) is 7.20. The summed E-state index contributed by atoms with van der Waals surface area (Å²) >= 11 is 0. The molecule has 4 nitrogen and oxygen atoms in total. The lowest BCUT2D eigenvalue weighted by Crippen LogP contribution is -2.04. The van der Waals surface area contributed by atoms with Crippen molar-refractivity contribution in [1.82, 2.24) is 9.38 Å². The number of hydrogen-bond donors (Lipinski definition) is 0. The van der Waals surface area contributed by atoms with Crippen LogP contribution in [-0.4, -0.2) is 16.0 Å². The van der Waals surface area contributed by atoms with Crippen LogP contribution in [0.1, 0.15) is 30.0 Å². The minimum absolute atomic E-state index is 0.0597. The van der Waals surface area contributed by atoms with Gasteiger partial charge in [-0.3, -0.25) is 4.40 Å². The van der Waals surface area contributed by atoms with Crippen molar-refractivity contribution in [1.29, 1.82) is 0 Å². The van der Waals surface area contributed by atoms with Crippen LogP contribution in [0.15, 0.2) is 48.7 Å². The largest absolute Gasteiger partial charge is 0.482 e. The molecule has 3 rings (SSSR count). The molecule has 0 aliphatic carbocycles. The van der Waals surface area contributed by atoms with Crippen molar-refractivity contribution in [2.75, 3.05) is 6.61 Å². The van der Waals surface area contributed by atoms with Gasteiger partial charge in [-0.15, -0.1) is 6.42 Å². The Morgan fingerprint density at radius 1 is 1.21 bits per heavy atom. The van der Waals surface area contributed by atoms with Crippen LogP contribution in [-0.2, 0) is 11.3 Å². The van der Waals surface area contributed by atoms with Crippen LogP contribution >= 0.6 is 0 Å². The molecule has 0 saturated carbocycles. The third-order valence-corrected chi connectivity index (χ3v) is 3.91. The molecule has 0 aliphatic heterocycles. The summed E-state index contributed by atoms with van der Waals surface area (Å²) in [4.78, 5) is 4.64. The van der Waals surface area contributed by atoms with Gasteiger partial charge in [0.25, 0.3) is 0 Å². The van der Waals surface area contributed by atoms with Gasteiger partial charge in [-0.05, 0) is 31.5 Å². The van der Waals surface area contributed by atoms with E-state index in [1.165, 1.54) is 0 Å². The van der Waals surface area contributed by atoms with Gasteiger partial charge >= 0.3 is 0 Å². The zero-order valence-corrected chi connectivity index (χ0v) is 13.9. The average molecular weight is 320 g/mol. The van der Waals surface area contributed by atoms with Crippen LogP contribution in [0.5, 0.6) is 5.75 Å². The lowest BCUT2D eigenvalue weighted by Gasteiger charge is -2.15. The van der Waals surface area contributed by atoms with Crippen molar-refractivity contribution >= 4 is 5.65 Å². The first-order valence-electron chi connectivity index (χ1n) is 7.90. The van der Waals surface area contributed by atoms with Gasteiger partial charge in [-0.2, -0.15) is 0 Å². The molecule has 4 heteroatoms. The number of aromatic nitrogens is 2. The Labute approximate surface area is 142 Å². The van der Waals surface area contributed by atoms with Gasteiger partial charge < -0.3 is 9.47 Å². The minimum atomic E-state index is -0.0597. The van der Waals surface area contributed by atoms with Crippen LogP contribution < -0.4 is 4.74 Å². The predicted molar refractivity (Wildman–Crippen MR) is 93.9 cm³/mol. The maximum absolute atomic E-state index is 6.15. The Morgan fingerprint density at radius 3 is 2.75 bits per heavy atom. The summed E-state index contributed by atoms with van der Waals surface area (Å²) in [6.07, 6.45) is 7.14. The van der Waals surface area contributed by atoms with Gasteiger partial charge in [0.1, 0.15) is 12.7 Å². The highest BCUT2D eigenvalue weighted by Gasteiger charge is 2.15. The summed E-state index contributed by atoms with van der Waals surface area (Å²) in [6.45, 7) is 4.71. The molecule has 2 heterocycles. The van der Waals surface area contributed by atoms with Crippen molar-refractivity contribution in [2.45, 2.75) is 26.6 Å². The summed E-state index contributed by atoms with van der Waals surface area (Å²) in [5.74, 6) is 3.23. The number of fused-ring (bicyclic) bond motifs is 1. The Morgan fingerprint density at radius 2 is 2.00 bits per heavy atom. The maximum atomic E-state index is 6.15. The van der Waals surface area contributed by atoms with E-state index in [-0.39, 0.29) is 12.7 Å². The molecule has 3 aromatic rings. The summed E-state index contributed by atoms with van der Waals surface area (Å²) in [7, 11) is 0. The van der Waals surface area contributed by atoms with Gasteiger partial charge in [-0.25, -0.2) is 4.98 Å². The van der Waals surface area contributed by atoms with Gasteiger partial charge in [0.15, 0.2) is 11.4 Å². The fourth-order valence-corrected chi connectivity index (χ4v) is 2.66. The first-order chi connectivity index (χ1) is 11.7. The number of pyridine rings is 1. The Kier molecular flexibility index (Phi) is 4.83. The van der Waals surface area contributed by atoms with Crippen LogP contribution in [0.4, 0.5) is 0 Å². The Hall–Kier alpha value is -2.77. The maximum Gasteiger partial charge on any atom is 0.180 e. The number of ether oxygens (including phenoxy) is 2. The molecule has 122 valence electrons. The van der Waals surface area contributed by atoms with Crippen LogP contribution in [0.3, 0.4) is 0 Å². The SMILES string of the molecule is C#CCOCc1c(C)nc2c(OC(C)c3ccccc3)cccn12. The molecule has 1 unspecified atom stereocenters. The smallest absolute Gasteiger partial charge is 0.180 e. The van der Waals surface area contributed by atoms with Crippen molar-refractivity contribution in [3.63, 3.8) is 0 Å². The molecular formula is C20H20N2O2. The monoisotopic (exact) mass is 320 g/mol. The third-order valence-electron chi connectivity index (χ3n) is 3.91. The van der Waals surface area contributed by atoms with Crippen molar-refractivity contribution in [3.05, 3.63) is 65.6 Å². The Balaban J connectivity index is 1.89. The van der Waals surface area contributed by atoms with E-state index in [4.69, 9.17) is 15.9 Å².